The Morgan fingerprint density at radius 1 is 1.36 bits per heavy atom. The molecule has 1 unspecified atom stereocenters. The zero-order valence-electron chi connectivity index (χ0n) is 8.49. The number of benzene rings is 1. The molecule has 1 aromatic rings. The van der Waals surface area contributed by atoms with E-state index in [2.05, 4.69) is 0 Å². The first-order valence-corrected chi connectivity index (χ1v) is 4.46. The minimum atomic E-state index is -0.735. The topological polar surface area (TPSA) is 43.1 Å². The molecule has 0 heterocycles. The highest BCUT2D eigenvalue weighted by Gasteiger charge is 2.26. The number of carbonyl (C=O) groups is 1. The van der Waals surface area contributed by atoms with Gasteiger partial charge < -0.3 is 5.73 Å². The minimum absolute atomic E-state index is 0. The molecule has 3 heteroatoms. The van der Waals surface area contributed by atoms with Gasteiger partial charge in [-0.2, -0.15) is 0 Å². The van der Waals surface area contributed by atoms with Crippen molar-refractivity contribution < 1.29 is 4.79 Å². The molecule has 78 valence electrons. The fourth-order valence-electron chi connectivity index (χ4n) is 1.08. The van der Waals surface area contributed by atoms with Crippen LogP contribution >= 0.6 is 12.4 Å². The maximum Gasteiger partial charge on any atom is 0.182 e. The molecule has 1 rings (SSSR count). The Bertz CT molecular complexity index is 295. The van der Waals surface area contributed by atoms with Gasteiger partial charge in [-0.15, -0.1) is 12.4 Å². The van der Waals surface area contributed by atoms with Crippen molar-refractivity contribution >= 4 is 18.2 Å². The van der Waals surface area contributed by atoms with Crippen LogP contribution in [0.4, 0.5) is 0 Å². The van der Waals surface area contributed by atoms with E-state index in [0.29, 0.717) is 12.0 Å². The van der Waals surface area contributed by atoms with E-state index in [1.165, 1.54) is 0 Å². The number of carbonyl (C=O) groups excluding carboxylic acids is 1. The van der Waals surface area contributed by atoms with Crippen molar-refractivity contribution in [1.29, 1.82) is 0 Å². The largest absolute Gasteiger partial charge is 0.319 e. The number of halogens is 1. The zero-order valence-corrected chi connectivity index (χ0v) is 9.30. The van der Waals surface area contributed by atoms with Crippen LogP contribution in [0.15, 0.2) is 30.3 Å². The number of ketones is 1. The summed E-state index contributed by atoms with van der Waals surface area (Å²) in [5.41, 5.74) is 5.80. The number of nitrogens with two attached hydrogens (primary N) is 1. The molecule has 1 atom stereocenters. The minimum Gasteiger partial charge on any atom is -0.319 e. The highest BCUT2D eigenvalue weighted by molar-refractivity contribution is 6.02. The summed E-state index contributed by atoms with van der Waals surface area (Å²) < 4.78 is 0. The van der Waals surface area contributed by atoms with Gasteiger partial charge in [0.05, 0.1) is 5.54 Å². The molecule has 14 heavy (non-hydrogen) atoms. The van der Waals surface area contributed by atoms with Gasteiger partial charge in [0.15, 0.2) is 5.78 Å². The third kappa shape index (κ3) is 2.82. The predicted molar refractivity (Wildman–Crippen MR) is 60.9 cm³/mol. The van der Waals surface area contributed by atoms with Crippen LogP contribution in [0.2, 0.25) is 0 Å². The van der Waals surface area contributed by atoms with E-state index in [1.54, 1.807) is 19.1 Å². The van der Waals surface area contributed by atoms with Gasteiger partial charge in [-0.05, 0) is 13.3 Å². The molecular formula is C11H16ClNO. The van der Waals surface area contributed by atoms with E-state index in [0.717, 1.165) is 0 Å². The Morgan fingerprint density at radius 3 is 2.29 bits per heavy atom. The van der Waals surface area contributed by atoms with E-state index in [-0.39, 0.29) is 18.2 Å². The Balaban J connectivity index is 0.00000169. The van der Waals surface area contributed by atoms with Crippen molar-refractivity contribution in [2.75, 3.05) is 0 Å². The molecule has 0 aliphatic carbocycles. The van der Waals surface area contributed by atoms with Gasteiger partial charge in [-0.3, -0.25) is 4.79 Å². The lowest BCUT2D eigenvalue weighted by Gasteiger charge is -2.20. The summed E-state index contributed by atoms with van der Waals surface area (Å²) in [7, 11) is 0. The zero-order chi connectivity index (χ0) is 9.90. The molecule has 0 radical (unpaired) electrons. The second-order valence-electron chi connectivity index (χ2n) is 3.47. The summed E-state index contributed by atoms with van der Waals surface area (Å²) in [6.07, 6.45) is 0.653. The molecule has 0 bridgehead atoms. The number of rotatable bonds is 3. The van der Waals surface area contributed by atoms with Crippen LogP contribution in [0.3, 0.4) is 0 Å². The number of Topliss-reactive ketones (excluding diaryl/α,β-unsaturated/α-hetero) is 1. The first-order chi connectivity index (χ1) is 6.08. The van der Waals surface area contributed by atoms with Crippen LogP contribution in [-0.4, -0.2) is 11.3 Å². The van der Waals surface area contributed by atoms with Gasteiger partial charge in [0.2, 0.25) is 0 Å². The van der Waals surface area contributed by atoms with Crippen molar-refractivity contribution in [2.24, 2.45) is 5.73 Å². The van der Waals surface area contributed by atoms with Crippen molar-refractivity contribution in [2.45, 2.75) is 25.8 Å². The number of hydrogen-bond donors (Lipinski definition) is 1. The first-order valence-electron chi connectivity index (χ1n) is 4.46. The smallest absolute Gasteiger partial charge is 0.182 e. The molecule has 2 N–H and O–H groups in total. The second-order valence-corrected chi connectivity index (χ2v) is 3.47. The fraction of sp³-hybridized carbons (Fsp3) is 0.364. The highest BCUT2D eigenvalue weighted by atomic mass is 35.5. The van der Waals surface area contributed by atoms with Crippen LogP contribution < -0.4 is 5.73 Å². The molecule has 0 spiro atoms. The standard InChI is InChI=1S/C11H15NO.ClH/c1-3-11(2,12)10(13)9-7-5-4-6-8-9;/h4-8H,3,12H2,1-2H3;1H. The van der Waals surface area contributed by atoms with Crippen LogP contribution in [-0.2, 0) is 0 Å². The average Bonchev–Trinajstić information content (AvgIpc) is 2.18. The van der Waals surface area contributed by atoms with E-state index in [4.69, 9.17) is 5.73 Å². The normalized spacial score (nSPS) is 13.9. The van der Waals surface area contributed by atoms with Crippen molar-refractivity contribution in [1.82, 2.24) is 0 Å². The molecule has 0 amide bonds. The lowest BCUT2D eigenvalue weighted by Crippen LogP contribution is -2.44. The van der Waals surface area contributed by atoms with Gasteiger partial charge in [0, 0.05) is 5.56 Å². The quantitative estimate of drug-likeness (QED) is 0.784. The molecule has 0 aliphatic heterocycles. The Morgan fingerprint density at radius 2 is 1.86 bits per heavy atom. The van der Waals surface area contributed by atoms with Crippen LogP contribution in [0.5, 0.6) is 0 Å². The monoisotopic (exact) mass is 213 g/mol. The lowest BCUT2D eigenvalue weighted by atomic mass is 9.90. The molecule has 0 fully saturated rings. The summed E-state index contributed by atoms with van der Waals surface area (Å²) >= 11 is 0. The van der Waals surface area contributed by atoms with Crippen molar-refractivity contribution in [3.8, 4) is 0 Å². The molecule has 0 saturated carbocycles. The highest BCUT2D eigenvalue weighted by Crippen LogP contribution is 2.13. The van der Waals surface area contributed by atoms with Gasteiger partial charge in [-0.25, -0.2) is 0 Å². The van der Waals surface area contributed by atoms with Crippen molar-refractivity contribution in [3.63, 3.8) is 0 Å². The Kier molecular flexibility index (Phi) is 4.81. The van der Waals surface area contributed by atoms with Crippen LogP contribution in [0.25, 0.3) is 0 Å². The molecule has 0 saturated heterocycles. The Labute approximate surface area is 90.9 Å². The van der Waals surface area contributed by atoms with E-state index in [1.807, 2.05) is 25.1 Å². The molecule has 0 aliphatic rings. The maximum atomic E-state index is 11.8. The summed E-state index contributed by atoms with van der Waals surface area (Å²) in [6, 6.07) is 9.17. The van der Waals surface area contributed by atoms with E-state index < -0.39 is 5.54 Å². The van der Waals surface area contributed by atoms with Crippen LogP contribution in [0.1, 0.15) is 30.6 Å². The van der Waals surface area contributed by atoms with Gasteiger partial charge >= 0.3 is 0 Å². The fourth-order valence-corrected chi connectivity index (χ4v) is 1.08. The van der Waals surface area contributed by atoms with Gasteiger partial charge in [-0.1, -0.05) is 37.3 Å². The average molecular weight is 214 g/mol. The van der Waals surface area contributed by atoms with E-state index >= 15 is 0 Å². The lowest BCUT2D eigenvalue weighted by molar-refractivity contribution is 0.0898. The van der Waals surface area contributed by atoms with Gasteiger partial charge in [0.25, 0.3) is 0 Å². The Hall–Kier alpha value is -0.860. The molecule has 0 aromatic heterocycles. The molecule has 2 nitrogen and oxygen atoms in total. The summed E-state index contributed by atoms with van der Waals surface area (Å²) in [4.78, 5) is 11.8. The molecular weight excluding hydrogens is 198 g/mol. The van der Waals surface area contributed by atoms with Crippen LogP contribution in [0, 0.1) is 0 Å². The molecule has 1 aromatic carbocycles. The number of hydrogen-bond acceptors (Lipinski definition) is 2. The maximum absolute atomic E-state index is 11.8. The van der Waals surface area contributed by atoms with E-state index in [9.17, 15) is 4.79 Å². The van der Waals surface area contributed by atoms with Crippen molar-refractivity contribution in [3.05, 3.63) is 35.9 Å². The first kappa shape index (κ1) is 13.1. The summed E-state index contributed by atoms with van der Waals surface area (Å²) in [5, 5.41) is 0. The predicted octanol–water partition coefficient (Wildman–Crippen LogP) is 2.42. The third-order valence-electron chi connectivity index (χ3n) is 2.29. The SMILES string of the molecule is CCC(C)(N)C(=O)c1ccccc1.Cl. The third-order valence-corrected chi connectivity index (χ3v) is 2.29. The van der Waals surface area contributed by atoms with Gasteiger partial charge in [0.1, 0.15) is 0 Å². The second kappa shape index (κ2) is 5.13. The summed E-state index contributed by atoms with van der Waals surface area (Å²) in [6.45, 7) is 3.68. The summed E-state index contributed by atoms with van der Waals surface area (Å²) in [5.74, 6) is 0.00981.